The smallest absolute Gasteiger partial charge is 0.0558 e. The Bertz CT molecular complexity index is 306. The minimum absolute atomic E-state index is 0.154. The largest absolute Gasteiger partial charge is 0.395 e. The van der Waals surface area contributed by atoms with Gasteiger partial charge >= 0.3 is 0 Å². The highest BCUT2D eigenvalue weighted by Gasteiger charge is 2.14. The fourth-order valence-electron chi connectivity index (χ4n) is 1.60. The van der Waals surface area contributed by atoms with E-state index in [0.717, 1.165) is 4.47 Å². The van der Waals surface area contributed by atoms with E-state index >= 15 is 0 Å². The van der Waals surface area contributed by atoms with Crippen LogP contribution in [-0.2, 0) is 0 Å². The minimum atomic E-state index is 0.154. The van der Waals surface area contributed by atoms with Gasteiger partial charge in [-0.2, -0.15) is 0 Å². The molecule has 0 aromatic heterocycles. The van der Waals surface area contributed by atoms with Crippen LogP contribution in [0.4, 0.5) is 0 Å². The summed E-state index contributed by atoms with van der Waals surface area (Å²) in [6.45, 7) is 1.34. The molecule has 0 spiro atoms. The first-order chi connectivity index (χ1) is 7.19. The second-order valence-corrected chi connectivity index (χ2v) is 4.43. The van der Waals surface area contributed by atoms with Crippen molar-refractivity contribution in [1.82, 2.24) is 4.90 Å². The summed E-state index contributed by atoms with van der Waals surface area (Å²) in [6.07, 6.45) is 0. The summed E-state index contributed by atoms with van der Waals surface area (Å²) in [7, 11) is 1.97. The van der Waals surface area contributed by atoms with Crippen molar-refractivity contribution < 1.29 is 5.11 Å². The van der Waals surface area contributed by atoms with Gasteiger partial charge < -0.3 is 10.8 Å². The van der Waals surface area contributed by atoms with E-state index in [1.165, 1.54) is 5.56 Å². The van der Waals surface area contributed by atoms with Crippen molar-refractivity contribution >= 4 is 15.9 Å². The average molecular weight is 273 g/mol. The number of likely N-dealkylation sites (N-methyl/N-ethyl adjacent to an activating group) is 1. The van der Waals surface area contributed by atoms with Gasteiger partial charge in [0.15, 0.2) is 0 Å². The minimum Gasteiger partial charge on any atom is -0.395 e. The Morgan fingerprint density at radius 1 is 1.53 bits per heavy atom. The zero-order chi connectivity index (χ0) is 11.3. The Kier molecular flexibility index (Phi) is 5.25. The quantitative estimate of drug-likeness (QED) is 0.852. The third-order valence-electron chi connectivity index (χ3n) is 2.44. The molecule has 3 nitrogen and oxygen atoms in total. The summed E-state index contributed by atoms with van der Waals surface area (Å²) in [4.78, 5) is 2.06. The van der Waals surface area contributed by atoms with Crippen molar-refractivity contribution in [1.29, 1.82) is 0 Å². The summed E-state index contributed by atoms with van der Waals surface area (Å²) in [5, 5.41) is 8.89. The molecule has 0 saturated carbocycles. The predicted molar refractivity (Wildman–Crippen MR) is 65.7 cm³/mol. The van der Waals surface area contributed by atoms with Crippen LogP contribution in [0, 0.1) is 0 Å². The molecular weight excluding hydrogens is 256 g/mol. The molecule has 0 aliphatic heterocycles. The van der Waals surface area contributed by atoms with E-state index in [4.69, 9.17) is 10.8 Å². The van der Waals surface area contributed by atoms with Crippen LogP contribution in [0.25, 0.3) is 0 Å². The van der Waals surface area contributed by atoms with Gasteiger partial charge in [-0.25, -0.2) is 0 Å². The molecule has 1 atom stereocenters. The molecule has 0 aliphatic carbocycles. The fraction of sp³-hybridized carbons (Fsp3) is 0.455. The topological polar surface area (TPSA) is 49.5 Å². The van der Waals surface area contributed by atoms with Crippen LogP contribution < -0.4 is 5.73 Å². The van der Waals surface area contributed by atoms with Crippen LogP contribution in [0.5, 0.6) is 0 Å². The highest BCUT2D eigenvalue weighted by Crippen LogP contribution is 2.21. The summed E-state index contributed by atoms with van der Waals surface area (Å²) < 4.78 is 1.05. The van der Waals surface area contributed by atoms with Gasteiger partial charge in [0.25, 0.3) is 0 Å². The Labute approximate surface area is 99.0 Å². The van der Waals surface area contributed by atoms with Gasteiger partial charge in [0.2, 0.25) is 0 Å². The van der Waals surface area contributed by atoms with Crippen LogP contribution in [0.1, 0.15) is 11.6 Å². The lowest BCUT2D eigenvalue weighted by Gasteiger charge is -2.26. The zero-order valence-electron chi connectivity index (χ0n) is 8.86. The van der Waals surface area contributed by atoms with E-state index in [0.29, 0.717) is 13.1 Å². The monoisotopic (exact) mass is 272 g/mol. The van der Waals surface area contributed by atoms with Crippen molar-refractivity contribution in [3.8, 4) is 0 Å². The number of nitrogens with zero attached hydrogens (tertiary/aromatic N) is 1. The van der Waals surface area contributed by atoms with Gasteiger partial charge in [0, 0.05) is 23.6 Å². The number of nitrogens with two attached hydrogens (primary N) is 1. The van der Waals surface area contributed by atoms with E-state index < -0.39 is 0 Å². The molecule has 0 saturated heterocycles. The number of rotatable bonds is 5. The summed E-state index contributed by atoms with van der Waals surface area (Å²) in [5.74, 6) is 0. The lowest BCUT2D eigenvalue weighted by molar-refractivity contribution is 0.183. The Balaban J connectivity index is 2.82. The van der Waals surface area contributed by atoms with E-state index in [-0.39, 0.29) is 12.6 Å². The second kappa shape index (κ2) is 6.23. The molecule has 0 heterocycles. The lowest BCUT2D eigenvalue weighted by Crippen LogP contribution is -2.32. The lowest BCUT2D eigenvalue weighted by atomic mass is 10.1. The van der Waals surface area contributed by atoms with Gasteiger partial charge in [0.05, 0.1) is 6.61 Å². The highest BCUT2D eigenvalue weighted by molar-refractivity contribution is 9.10. The van der Waals surface area contributed by atoms with Gasteiger partial charge in [-0.1, -0.05) is 28.1 Å². The molecule has 4 heteroatoms. The molecule has 0 radical (unpaired) electrons. The normalized spacial score (nSPS) is 13.1. The van der Waals surface area contributed by atoms with Gasteiger partial charge in [-0.3, -0.25) is 4.90 Å². The van der Waals surface area contributed by atoms with Crippen LogP contribution in [-0.4, -0.2) is 36.8 Å². The first-order valence-corrected chi connectivity index (χ1v) is 5.75. The maximum absolute atomic E-state index is 8.89. The molecule has 15 heavy (non-hydrogen) atoms. The first kappa shape index (κ1) is 12.6. The van der Waals surface area contributed by atoms with Crippen molar-refractivity contribution in [3.05, 3.63) is 34.3 Å². The molecule has 0 bridgehead atoms. The highest BCUT2D eigenvalue weighted by atomic mass is 79.9. The SMILES string of the molecule is CN(CCO)C(CN)c1cccc(Br)c1. The van der Waals surface area contributed by atoms with Crippen molar-refractivity contribution in [2.24, 2.45) is 5.73 Å². The van der Waals surface area contributed by atoms with E-state index in [9.17, 15) is 0 Å². The third-order valence-corrected chi connectivity index (χ3v) is 2.93. The average Bonchev–Trinajstić information content (AvgIpc) is 2.19. The predicted octanol–water partition coefficient (Wildman–Crippen LogP) is 1.37. The summed E-state index contributed by atoms with van der Waals surface area (Å²) >= 11 is 3.44. The Morgan fingerprint density at radius 2 is 2.27 bits per heavy atom. The molecule has 1 aromatic rings. The zero-order valence-corrected chi connectivity index (χ0v) is 10.4. The standard InChI is InChI=1S/C11H17BrN2O/c1-14(5-6-15)11(8-13)9-3-2-4-10(12)7-9/h2-4,7,11,15H,5-6,8,13H2,1H3. The van der Waals surface area contributed by atoms with Crippen molar-refractivity contribution in [2.75, 3.05) is 26.7 Å². The Hall–Kier alpha value is -0.420. The number of hydrogen-bond donors (Lipinski definition) is 2. The van der Waals surface area contributed by atoms with Crippen LogP contribution in [0.2, 0.25) is 0 Å². The van der Waals surface area contributed by atoms with E-state index in [1.54, 1.807) is 0 Å². The fourth-order valence-corrected chi connectivity index (χ4v) is 2.01. The number of halogens is 1. The first-order valence-electron chi connectivity index (χ1n) is 4.95. The second-order valence-electron chi connectivity index (χ2n) is 3.51. The Morgan fingerprint density at radius 3 is 2.80 bits per heavy atom. The van der Waals surface area contributed by atoms with Gasteiger partial charge in [-0.15, -0.1) is 0 Å². The summed E-state index contributed by atoms with van der Waals surface area (Å²) in [6, 6.07) is 8.26. The number of benzene rings is 1. The molecule has 0 fully saturated rings. The molecule has 0 amide bonds. The number of aliphatic hydroxyl groups is 1. The number of aliphatic hydroxyl groups excluding tert-OH is 1. The summed E-state index contributed by atoms with van der Waals surface area (Å²) in [5.41, 5.74) is 6.92. The molecule has 1 unspecified atom stereocenters. The molecule has 84 valence electrons. The van der Waals surface area contributed by atoms with Crippen molar-refractivity contribution in [3.63, 3.8) is 0 Å². The van der Waals surface area contributed by atoms with Crippen LogP contribution in [0.3, 0.4) is 0 Å². The molecule has 3 N–H and O–H groups in total. The van der Waals surface area contributed by atoms with Crippen molar-refractivity contribution in [2.45, 2.75) is 6.04 Å². The molecule has 1 aromatic carbocycles. The maximum Gasteiger partial charge on any atom is 0.0558 e. The molecule has 0 aliphatic rings. The number of hydrogen-bond acceptors (Lipinski definition) is 3. The maximum atomic E-state index is 8.89. The van der Waals surface area contributed by atoms with Crippen LogP contribution in [0.15, 0.2) is 28.7 Å². The third kappa shape index (κ3) is 3.57. The molecular formula is C11H17BrN2O. The van der Waals surface area contributed by atoms with Gasteiger partial charge in [-0.05, 0) is 24.7 Å². The van der Waals surface area contributed by atoms with E-state index in [1.807, 2.05) is 19.2 Å². The van der Waals surface area contributed by atoms with Crippen LogP contribution >= 0.6 is 15.9 Å². The van der Waals surface area contributed by atoms with Gasteiger partial charge in [0.1, 0.15) is 0 Å². The molecule has 1 rings (SSSR count). The van der Waals surface area contributed by atoms with E-state index in [2.05, 4.69) is 33.0 Å².